The van der Waals surface area contributed by atoms with Gasteiger partial charge in [0.05, 0.1) is 6.10 Å². The molecule has 1 saturated heterocycles. The highest BCUT2D eigenvalue weighted by Gasteiger charge is 2.53. The fourth-order valence-electron chi connectivity index (χ4n) is 4.98. The zero-order valence-electron chi connectivity index (χ0n) is 16.7. The van der Waals surface area contributed by atoms with Crippen molar-refractivity contribution in [1.29, 1.82) is 0 Å². The summed E-state index contributed by atoms with van der Waals surface area (Å²) >= 11 is 0. The van der Waals surface area contributed by atoms with Gasteiger partial charge in [-0.05, 0) is 57.9 Å². The van der Waals surface area contributed by atoms with Crippen LogP contribution >= 0.6 is 0 Å². The molecule has 0 aromatic carbocycles. The molecular formula is C20H38N4O. The first-order chi connectivity index (χ1) is 12.2. The van der Waals surface area contributed by atoms with Crippen LogP contribution in [0.2, 0.25) is 0 Å². The van der Waals surface area contributed by atoms with E-state index in [0.29, 0.717) is 12.1 Å². The van der Waals surface area contributed by atoms with Crippen LogP contribution in [0.25, 0.3) is 0 Å². The summed E-state index contributed by atoms with van der Waals surface area (Å²) in [5.74, 6) is 1.73. The SMILES string of the molecule is CCOC1CC(NC(=NC)NCC2CCN(C3CC3)C2)C1(CC)CC. The van der Waals surface area contributed by atoms with Gasteiger partial charge >= 0.3 is 0 Å². The molecule has 144 valence electrons. The van der Waals surface area contributed by atoms with Crippen LogP contribution in [0.1, 0.15) is 59.3 Å². The van der Waals surface area contributed by atoms with Crippen LogP contribution in [0.15, 0.2) is 4.99 Å². The molecular weight excluding hydrogens is 312 g/mol. The average molecular weight is 351 g/mol. The van der Waals surface area contributed by atoms with Crippen LogP contribution in [0.5, 0.6) is 0 Å². The van der Waals surface area contributed by atoms with Crippen molar-refractivity contribution < 1.29 is 4.74 Å². The minimum Gasteiger partial charge on any atom is -0.378 e. The van der Waals surface area contributed by atoms with E-state index in [4.69, 9.17) is 4.74 Å². The van der Waals surface area contributed by atoms with Gasteiger partial charge in [0.2, 0.25) is 0 Å². The Morgan fingerprint density at radius 3 is 2.56 bits per heavy atom. The molecule has 5 heteroatoms. The molecule has 25 heavy (non-hydrogen) atoms. The second-order valence-corrected chi connectivity index (χ2v) is 8.15. The molecule has 3 rings (SSSR count). The summed E-state index contributed by atoms with van der Waals surface area (Å²) in [6.07, 6.45) is 7.96. The van der Waals surface area contributed by atoms with Gasteiger partial charge in [0.25, 0.3) is 0 Å². The molecule has 3 aliphatic rings. The van der Waals surface area contributed by atoms with Gasteiger partial charge < -0.3 is 20.3 Å². The predicted molar refractivity (Wildman–Crippen MR) is 104 cm³/mol. The number of nitrogens with one attached hydrogen (secondary N) is 2. The van der Waals surface area contributed by atoms with E-state index in [1.165, 1.54) is 32.4 Å². The summed E-state index contributed by atoms with van der Waals surface area (Å²) in [4.78, 5) is 7.16. The zero-order chi connectivity index (χ0) is 17.9. The van der Waals surface area contributed by atoms with E-state index in [9.17, 15) is 0 Å². The van der Waals surface area contributed by atoms with Crippen molar-refractivity contribution in [3.63, 3.8) is 0 Å². The fraction of sp³-hybridized carbons (Fsp3) is 0.950. The lowest BCUT2D eigenvalue weighted by Gasteiger charge is -2.55. The molecule has 0 aromatic heterocycles. The Balaban J connectivity index is 1.47. The van der Waals surface area contributed by atoms with Crippen molar-refractivity contribution in [3.8, 4) is 0 Å². The Morgan fingerprint density at radius 1 is 1.20 bits per heavy atom. The lowest BCUT2D eigenvalue weighted by atomic mass is 9.58. The third kappa shape index (κ3) is 3.97. The van der Waals surface area contributed by atoms with Crippen LogP contribution in [0.4, 0.5) is 0 Å². The molecule has 3 atom stereocenters. The third-order valence-electron chi connectivity index (χ3n) is 6.94. The van der Waals surface area contributed by atoms with Crippen molar-refractivity contribution in [2.45, 2.75) is 77.5 Å². The quantitative estimate of drug-likeness (QED) is 0.522. The molecule has 1 heterocycles. The maximum Gasteiger partial charge on any atom is 0.191 e. The van der Waals surface area contributed by atoms with Crippen LogP contribution in [0.3, 0.4) is 0 Å². The molecule has 5 nitrogen and oxygen atoms in total. The summed E-state index contributed by atoms with van der Waals surface area (Å²) in [7, 11) is 1.89. The number of aliphatic imine (C=N–C) groups is 1. The molecule has 0 aromatic rings. The molecule has 0 spiro atoms. The van der Waals surface area contributed by atoms with E-state index in [2.05, 4.69) is 41.3 Å². The normalized spacial score (nSPS) is 32.5. The van der Waals surface area contributed by atoms with Gasteiger partial charge in [-0.2, -0.15) is 0 Å². The van der Waals surface area contributed by atoms with E-state index >= 15 is 0 Å². The van der Waals surface area contributed by atoms with Gasteiger partial charge in [-0.15, -0.1) is 0 Å². The predicted octanol–water partition coefficient (Wildman–Crippen LogP) is 2.62. The summed E-state index contributed by atoms with van der Waals surface area (Å²) in [5, 5.41) is 7.29. The first kappa shape index (κ1) is 19.0. The minimum absolute atomic E-state index is 0.254. The van der Waals surface area contributed by atoms with Crippen molar-refractivity contribution >= 4 is 5.96 Å². The van der Waals surface area contributed by atoms with E-state index in [1.54, 1.807) is 0 Å². The van der Waals surface area contributed by atoms with Gasteiger partial charge in [0.15, 0.2) is 5.96 Å². The zero-order valence-corrected chi connectivity index (χ0v) is 16.7. The Hall–Kier alpha value is -0.810. The van der Waals surface area contributed by atoms with Crippen LogP contribution < -0.4 is 10.6 Å². The van der Waals surface area contributed by atoms with E-state index < -0.39 is 0 Å². The van der Waals surface area contributed by atoms with Gasteiger partial charge in [-0.25, -0.2) is 0 Å². The molecule has 1 aliphatic heterocycles. The summed E-state index contributed by atoms with van der Waals surface area (Å²) in [6, 6.07) is 1.37. The molecule has 3 fully saturated rings. The lowest BCUT2D eigenvalue weighted by Crippen LogP contribution is -2.65. The van der Waals surface area contributed by atoms with Gasteiger partial charge in [-0.3, -0.25) is 4.99 Å². The molecule has 2 saturated carbocycles. The number of hydrogen-bond donors (Lipinski definition) is 2. The van der Waals surface area contributed by atoms with Gasteiger partial charge in [0.1, 0.15) is 0 Å². The van der Waals surface area contributed by atoms with Crippen molar-refractivity contribution in [2.24, 2.45) is 16.3 Å². The van der Waals surface area contributed by atoms with Crippen LogP contribution in [-0.2, 0) is 4.74 Å². The number of rotatable bonds is 8. The number of ether oxygens (including phenoxy) is 1. The molecule has 0 bridgehead atoms. The largest absolute Gasteiger partial charge is 0.378 e. The van der Waals surface area contributed by atoms with E-state index in [0.717, 1.165) is 50.3 Å². The molecule has 3 unspecified atom stereocenters. The Bertz CT molecular complexity index is 459. The first-order valence-electron chi connectivity index (χ1n) is 10.5. The molecule has 2 N–H and O–H groups in total. The Labute approximate surface area is 154 Å². The maximum atomic E-state index is 6.00. The second kappa shape index (κ2) is 8.26. The van der Waals surface area contributed by atoms with Crippen molar-refractivity contribution in [3.05, 3.63) is 0 Å². The van der Waals surface area contributed by atoms with Crippen molar-refractivity contribution in [2.75, 3.05) is 33.3 Å². The highest BCUT2D eigenvalue weighted by Crippen LogP contribution is 2.48. The number of hydrogen-bond acceptors (Lipinski definition) is 3. The highest BCUT2D eigenvalue weighted by molar-refractivity contribution is 5.80. The summed E-state index contributed by atoms with van der Waals surface area (Å²) in [5.41, 5.74) is 0.254. The standard InChI is InChI=1S/C20H38N4O/c1-5-20(6-2)17(12-18(20)25-7-3)23-19(21-4)22-13-15-10-11-24(14-15)16-8-9-16/h15-18H,5-14H2,1-4H3,(H2,21,22,23). The topological polar surface area (TPSA) is 48.9 Å². The smallest absolute Gasteiger partial charge is 0.191 e. The number of guanidine groups is 1. The molecule has 0 radical (unpaired) electrons. The Kier molecular flexibility index (Phi) is 6.26. The van der Waals surface area contributed by atoms with Crippen LogP contribution in [-0.4, -0.2) is 62.3 Å². The summed E-state index contributed by atoms with van der Waals surface area (Å²) < 4.78 is 6.00. The third-order valence-corrected chi connectivity index (χ3v) is 6.94. The second-order valence-electron chi connectivity index (χ2n) is 8.15. The van der Waals surface area contributed by atoms with E-state index in [-0.39, 0.29) is 5.41 Å². The lowest BCUT2D eigenvalue weighted by molar-refractivity contribution is -0.133. The van der Waals surface area contributed by atoms with E-state index in [1.807, 2.05) is 7.05 Å². The van der Waals surface area contributed by atoms with Gasteiger partial charge in [-0.1, -0.05) is 13.8 Å². The minimum atomic E-state index is 0.254. The summed E-state index contributed by atoms with van der Waals surface area (Å²) in [6.45, 7) is 11.1. The maximum absolute atomic E-state index is 6.00. The number of likely N-dealkylation sites (tertiary alicyclic amines) is 1. The average Bonchev–Trinajstić information content (AvgIpc) is 3.36. The number of nitrogens with zero attached hydrogens (tertiary/aromatic N) is 2. The highest BCUT2D eigenvalue weighted by atomic mass is 16.5. The molecule has 2 aliphatic carbocycles. The van der Waals surface area contributed by atoms with Gasteiger partial charge in [0, 0.05) is 44.2 Å². The monoisotopic (exact) mass is 350 g/mol. The van der Waals surface area contributed by atoms with Crippen molar-refractivity contribution in [1.82, 2.24) is 15.5 Å². The first-order valence-corrected chi connectivity index (χ1v) is 10.5. The van der Waals surface area contributed by atoms with Crippen LogP contribution in [0, 0.1) is 11.3 Å². The fourth-order valence-corrected chi connectivity index (χ4v) is 4.98. The molecule has 0 amide bonds. The Morgan fingerprint density at radius 2 is 1.96 bits per heavy atom.